The number of nitrogens with one attached hydrogen (secondary N) is 1. The molecular formula is C14H23N5O4. The van der Waals surface area contributed by atoms with Crippen LogP contribution in [0.3, 0.4) is 0 Å². The highest BCUT2D eigenvalue weighted by Gasteiger charge is 2.27. The van der Waals surface area contributed by atoms with Crippen molar-refractivity contribution in [2.24, 2.45) is 0 Å². The average molecular weight is 325 g/mol. The van der Waals surface area contributed by atoms with Crippen LogP contribution in [0.1, 0.15) is 20.3 Å². The first-order valence-corrected chi connectivity index (χ1v) is 7.77. The van der Waals surface area contributed by atoms with E-state index in [1.165, 1.54) is 6.33 Å². The molecule has 0 unspecified atom stereocenters. The summed E-state index contributed by atoms with van der Waals surface area (Å²) in [5, 5.41) is 14.5. The van der Waals surface area contributed by atoms with Gasteiger partial charge in [0.1, 0.15) is 6.33 Å². The molecule has 1 saturated heterocycles. The largest absolute Gasteiger partial charge is 0.379 e. The van der Waals surface area contributed by atoms with Crippen LogP contribution in [0.4, 0.5) is 17.3 Å². The molecular weight excluding hydrogens is 302 g/mol. The Morgan fingerprint density at radius 3 is 2.83 bits per heavy atom. The predicted octanol–water partition coefficient (Wildman–Crippen LogP) is 1.45. The van der Waals surface area contributed by atoms with Crippen LogP contribution in [0, 0.1) is 10.1 Å². The van der Waals surface area contributed by atoms with Gasteiger partial charge in [0.25, 0.3) is 0 Å². The number of nitro groups is 1. The molecule has 1 aromatic heterocycles. The molecule has 0 saturated carbocycles. The molecule has 0 aliphatic carbocycles. The molecule has 1 aromatic rings. The third kappa shape index (κ3) is 5.00. The van der Waals surface area contributed by atoms with E-state index < -0.39 is 4.92 Å². The summed E-state index contributed by atoms with van der Waals surface area (Å²) in [7, 11) is 0. The van der Waals surface area contributed by atoms with E-state index in [0.717, 1.165) is 6.42 Å². The molecule has 0 spiro atoms. The van der Waals surface area contributed by atoms with Crippen LogP contribution < -0.4 is 10.2 Å². The van der Waals surface area contributed by atoms with Gasteiger partial charge in [-0.3, -0.25) is 10.1 Å². The maximum atomic E-state index is 11.5. The van der Waals surface area contributed by atoms with Gasteiger partial charge < -0.3 is 19.7 Å². The standard InChI is InChI=1S/C14H23N5O4/c1-11(2)23-7-3-4-15-13-12(19(20)21)14(17-10-16-13)18-5-8-22-9-6-18/h10-11H,3-9H2,1-2H3,(H,15,16,17). The molecule has 0 bridgehead atoms. The summed E-state index contributed by atoms with van der Waals surface area (Å²) in [6, 6.07) is 0. The molecule has 0 amide bonds. The van der Waals surface area contributed by atoms with E-state index in [-0.39, 0.29) is 17.6 Å². The molecule has 1 N–H and O–H groups in total. The van der Waals surface area contributed by atoms with Crippen molar-refractivity contribution in [1.29, 1.82) is 0 Å². The SMILES string of the molecule is CC(C)OCCCNc1ncnc(N2CCOCC2)c1[N+](=O)[O-]. The van der Waals surface area contributed by atoms with E-state index in [0.29, 0.717) is 45.3 Å². The normalized spacial score (nSPS) is 15.0. The van der Waals surface area contributed by atoms with Gasteiger partial charge in [-0.2, -0.15) is 0 Å². The highest BCUT2D eigenvalue weighted by atomic mass is 16.6. The molecule has 1 aliphatic heterocycles. The zero-order valence-corrected chi connectivity index (χ0v) is 13.5. The second-order valence-electron chi connectivity index (χ2n) is 5.45. The van der Waals surface area contributed by atoms with Crippen molar-refractivity contribution in [3.63, 3.8) is 0 Å². The van der Waals surface area contributed by atoms with E-state index in [1.54, 1.807) is 0 Å². The fourth-order valence-electron chi connectivity index (χ4n) is 2.27. The van der Waals surface area contributed by atoms with Crippen LogP contribution >= 0.6 is 0 Å². The van der Waals surface area contributed by atoms with Crippen LogP contribution in [0.15, 0.2) is 6.33 Å². The van der Waals surface area contributed by atoms with Gasteiger partial charge in [-0.15, -0.1) is 0 Å². The topological polar surface area (TPSA) is 103 Å². The smallest absolute Gasteiger partial charge is 0.353 e. The van der Waals surface area contributed by atoms with Crippen molar-refractivity contribution >= 4 is 17.3 Å². The molecule has 9 nitrogen and oxygen atoms in total. The number of hydrogen-bond donors (Lipinski definition) is 1. The molecule has 9 heteroatoms. The minimum Gasteiger partial charge on any atom is -0.379 e. The molecule has 2 rings (SSSR count). The Morgan fingerprint density at radius 2 is 2.17 bits per heavy atom. The lowest BCUT2D eigenvalue weighted by atomic mass is 10.3. The number of ether oxygens (including phenoxy) is 2. The van der Waals surface area contributed by atoms with E-state index in [2.05, 4.69) is 15.3 Å². The summed E-state index contributed by atoms with van der Waals surface area (Å²) < 4.78 is 10.7. The molecule has 0 atom stereocenters. The molecule has 0 aromatic carbocycles. The van der Waals surface area contributed by atoms with Crippen LogP contribution in [0.2, 0.25) is 0 Å². The Morgan fingerprint density at radius 1 is 1.43 bits per heavy atom. The zero-order chi connectivity index (χ0) is 16.7. The molecule has 23 heavy (non-hydrogen) atoms. The Hall–Kier alpha value is -2.00. The molecule has 0 radical (unpaired) electrons. The van der Waals surface area contributed by atoms with E-state index in [1.807, 2.05) is 18.7 Å². The maximum absolute atomic E-state index is 11.5. The average Bonchev–Trinajstić information content (AvgIpc) is 2.54. The number of nitrogens with zero attached hydrogens (tertiary/aromatic N) is 4. The van der Waals surface area contributed by atoms with Gasteiger partial charge in [0.2, 0.25) is 11.6 Å². The summed E-state index contributed by atoms with van der Waals surface area (Å²) in [5.74, 6) is 0.588. The van der Waals surface area contributed by atoms with Gasteiger partial charge in [0.05, 0.1) is 24.2 Å². The van der Waals surface area contributed by atoms with Gasteiger partial charge in [0.15, 0.2) is 0 Å². The number of rotatable bonds is 8. The van der Waals surface area contributed by atoms with Crippen molar-refractivity contribution in [1.82, 2.24) is 9.97 Å². The predicted molar refractivity (Wildman–Crippen MR) is 85.9 cm³/mol. The maximum Gasteiger partial charge on any atom is 0.353 e. The highest BCUT2D eigenvalue weighted by molar-refractivity contribution is 5.70. The lowest BCUT2D eigenvalue weighted by Gasteiger charge is -2.27. The summed E-state index contributed by atoms with van der Waals surface area (Å²) in [6.07, 6.45) is 2.27. The first-order valence-electron chi connectivity index (χ1n) is 7.77. The van der Waals surface area contributed by atoms with E-state index in [9.17, 15) is 10.1 Å². The van der Waals surface area contributed by atoms with Gasteiger partial charge in [-0.05, 0) is 20.3 Å². The summed E-state index contributed by atoms with van der Waals surface area (Å²) in [4.78, 5) is 21.0. The monoisotopic (exact) mass is 325 g/mol. The first-order chi connectivity index (χ1) is 11.1. The van der Waals surface area contributed by atoms with Crippen molar-refractivity contribution < 1.29 is 14.4 Å². The van der Waals surface area contributed by atoms with Crippen molar-refractivity contribution in [3.05, 3.63) is 16.4 Å². The summed E-state index contributed by atoms with van der Waals surface area (Å²) in [6.45, 7) is 7.33. The van der Waals surface area contributed by atoms with Gasteiger partial charge >= 0.3 is 5.69 Å². The first kappa shape index (κ1) is 17.4. The Balaban J connectivity index is 2.05. The Bertz CT molecular complexity index is 520. The van der Waals surface area contributed by atoms with Crippen LogP contribution in [-0.4, -0.2) is 60.5 Å². The molecule has 128 valence electrons. The lowest BCUT2D eigenvalue weighted by molar-refractivity contribution is -0.383. The Labute approximate surface area is 135 Å². The number of aromatic nitrogens is 2. The number of hydrogen-bond acceptors (Lipinski definition) is 8. The van der Waals surface area contributed by atoms with E-state index >= 15 is 0 Å². The van der Waals surface area contributed by atoms with Crippen LogP contribution in [-0.2, 0) is 9.47 Å². The second kappa shape index (κ2) is 8.59. The lowest BCUT2D eigenvalue weighted by Crippen LogP contribution is -2.37. The minimum atomic E-state index is -0.433. The van der Waals surface area contributed by atoms with Crippen LogP contribution in [0.25, 0.3) is 0 Å². The zero-order valence-electron chi connectivity index (χ0n) is 13.5. The van der Waals surface area contributed by atoms with Gasteiger partial charge in [-0.1, -0.05) is 0 Å². The van der Waals surface area contributed by atoms with Gasteiger partial charge in [-0.25, -0.2) is 9.97 Å². The fraction of sp³-hybridized carbons (Fsp3) is 0.714. The molecule has 1 fully saturated rings. The van der Waals surface area contributed by atoms with Crippen LogP contribution in [0.5, 0.6) is 0 Å². The highest BCUT2D eigenvalue weighted by Crippen LogP contribution is 2.31. The molecule has 2 heterocycles. The van der Waals surface area contributed by atoms with Gasteiger partial charge in [0, 0.05) is 26.2 Å². The summed E-state index contributed by atoms with van der Waals surface area (Å²) in [5.41, 5.74) is -0.0841. The number of morpholine rings is 1. The minimum absolute atomic E-state index is 0.0841. The Kier molecular flexibility index (Phi) is 6.48. The van der Waals surface area contributed by atoms with Crippen molar-refractivity contribution in [2.45, 2.75) is 26.4 Å². The summed E-state index contributed by atoms with van der Waals surface area (Å²) >= 11 is 0. The van der Waals surface area contributed by atoms with E-state index in [4.69, 9.17) is 9.47 Å². The second-order valence-corrected chi connectivity index (χ2v) is 5.45. The molecule has 1 aliphatic rings. The quantitative estimate of drug-likeness (QED) is 0.435. The third-order valence-corrected chi connectivity index (χ3v) is 3.36. The van der Waals surface area contributed by atoms with Crippen molar-refractivity contribution in [2.75, 3.05) is 49.7 Å². The number of anilines is 2. The fourth-order valence-corrected chi connectivity index (χ4v) is 2.27. The van der Waals surface area contributed by atoms with Crippen molar-refractivity contribution in [3.8, 4) is 0 Å². The third-order valence-electron chi connectivity index (χ3n) is 3.36.